The van der Waals surface area contributed by atoms with Crippen LogP contribution in [0, 0.1) is 0 Å². The molecule has 0 bridgehead atoms. The molecule has 2 aromatic carbocycles. The fraction of sp³-hybridized carbons (Fsp3) is 0.321. The van der Waals surface area contributed by atoms with E-state index in [1.165, 1.54) is 16.6 Å². The molecule has 9 heteroatoms. The van der Waals surface area contributed by atoms with Crippen molar-refractivity contribution in [3.05, 3.63) is 69.3 Å². The summed E-state index contributed by atoms with van der Waals surface area (Å²) in [7, 11) is 0. The van der Waals surface area contributed by atoms with E-state index in [9.17, 15) is 9.59 Å². The molecule has 0 atom stereocenters. The van der Waals surface area contributed by atoms with Crippen LogP contribution in [0.3, 0.4) is 0 Å². The minimum absolute atomic E-state index is 0.0850. The van der Waals surface area contributed by atoms with Crippen LogP contribution in [-0.2, 0) is 17.6 Å². The first-order chi connectivity index (χ1) is 18.1. The number of nitrogens with zero attached hydrogens (tertiary/aromatic N) is 2. The number of para-hydroxylation sites is 2. The van der Waals surface area contributed by atoms with Crippen molar-refractivity contribution in [3.63, 3.8) is 0 Å². The quantitative estimate of drug-likeness (QED) is 0.214. The van der Waals surface area contributed by atoms with E-state index in [2.05, 4.69) is 5.32 Å². The van der Waals surface area contributed by atoms with Gasteiger partial charge in [-0.1, -0.05) is 23.9 Å². The highest BCUT2D eigenvalue weighted by Crippen LogP contribution is 2.35. The number of amides is 1. The van der Waals surface area contributed by atoms with Gasteiger partial charge in [-0.15, -0.1) is 11.3 Å². The highest BCUT2D eigenvalue weighted by Gasteiger charge is 2.23. The standard InChI is InChI=1S/C28H29N3O4S2/c1-3-34-19-15-13-18(14-16-19)31-27(33)25-20-9-5-8-12-23(20)37-26(25)30-28(31)36-17-24(32)29-21-10-6-7-11-22(21)35-4-2/h6-7,10-11,13-16H,3-5,8-9,12,17H2,1-2H3,(H,29,32). The number of aryl methyl sites for hydroxylation is 2. The van der Waals surface area contributed by atoms with Gasteiger partial charge in [0.15, 0.2) is 5.16 Å². The van der Waals surface area contributed by atoms with Crippen molar-refractivity contribution in [2.45, 2.75) is 44.7 Å². The zero-order chi connectivity index (χ0) is 25.8. The Kier molecular flexibility index (Phi) is 7.81. The molecule has 192 valence electrons. The lowest BCUT2D eigenvalue weighted by Gasteiger charge is -2.14. The molecule has 2 aromatic heterocycles. The molecule has 1 aliphatic carbocycles. The van der Waals surface area contributed by atoms with Crippen molar-refractivity contribution < 1.29 is 14.3 Å². The molecule has 0 fully saturated rings. The zero-order valence-corrected chi connectivity index (χ0v) is 22.5. The van der Waals surface area contributed by atoms with Gasteiger partial charge in [0, 0.05) is 4.88 Å². The number of benzene rings is 2. The van der Waals surface area contributed by atoms with E-state index in [1.54, 1.807) is 15.9 Å². The van der Waals surface area contributed by atoms with E-state index < -0.39 is 0 Å². The number of thioether (sulfide) groups is 1. The number of aromatic nitrogens is 2. The molecule has 1 amide bonds. The van der Waals surface area contributed by atoms with Crippen LogP contribution in [-0.4, -0.2) is 34.4 Å². The molecule has 1 N–H and O–H groups in total. The van der Waals surface area contributed by atoms with Gasteiger partial charge in [-0.05, 0) is 81.5 Å². The summed E-state index contributed by atoms with van der Waals surface area (Å²) in [6, 6.07) is 14.8. The lowest BCUT2D eigenvalue weighted by molar-refractivity contribution is -0.113. The monoisotopic (exact) mass is 535 g/mol. The van der Waals surface area contributed by atoms with Gasteiger partial charge in [-0.3, -0.25) is 14.2 Å². The van der Waals surface area contributed by atoms with E-state index in [1.807, 2.05) is 62.4 Å². The number of rotatable bonds is 9. The molecule has 5 rings (SSSR count). The maximum absolute atomic E-state index is 13.9. The Balaban J connectivity index is 1.49. The third kappa shape index (κ3) is 5.38. The van der Waals surface area contributed by atoms with Crippen LogP contribution < -0.4 is 20.3 Å². The predicted molar refractivity (Wildman–Crippen MR) is 150 cm³/mol. The van der Waals surface area contributed by atoms with Gasteiger partial charge in [0.2, 0.25) is 5.91 Å². The van der Waals surface area contributed by atoms with Crippen molar-refractivity contribution in [1.82, 2.24) is 9.55 Å². The van der Waals surface area contributed by atoms with Crippen LogP contribution in [0.5, 0.6) is 11.5 Å². The van der Waals surface area contributed by atoms with Gasteiger partial charge >= 0.3 is 0 Å². The number of carbonyl (C=O) groups excluding carboxylic acids is 1. The Bertz CT molecular complexity index is 1480. The summed E-state index contributed by atoms with van der Waals surface area (Å²) in [5, 5.41) is 4.13. The molecule has 0 saturated carbocycles. The smallest absolute Gasteiger partial charge is 0.267 e. The molecule has 2 heterocycles. The summed E-state index contributed by atoms with van der Waals surface area (Å²) in [5.41, 5.74) is 2.37. The van der Waals surface area contributed by atoms with E-state index in [0.29, 0.717) is 40.9 Å². The van der Waals surface area contributed by atoms with E-state index in [0.717, 1.165) is 41.8 Å². The van der Waals surface area contributed by atoms with E-state index in [-0.39, 0.29) is 17.2 Å². The lowest BCUT2D eigenvalue weighted by Crippen LogP contribution is -2.23. The number of thiophene rings is 1. The molecule has 0 radical (unpaired) electrons. The minimum Gasteiger partial charge on any atom is -0.494 e. The number of hydrogen-bond acceptors (Lipinski definition) is 7. The first-order valence-corrected chi connectivity index (χ1v) is 14.3. The molecule has 0 aliphatic heterocycles. The van der Waals surface area contributed by atoms with Crippen molar-refractivity contribution in [3.8, 4) is 17.2 Å². The van der Waals surface area contributed by atoms with Crippen LogP contribution in [0.4, 0.5) is 5.69 Å². The first-order valence-electron chi connectivity index (χ1n) is 12.5. The average Bonchev–Trinajstić information content (AvgIpc) is 3.28. The predicted octanol–water partition coefficient (Wildman–Crippen LogP) is 5.85. The summed E-state index contributed by atoms with van der Waals surface area (Å²) in [4.78, 5) is 33.7. The van der Waals surface area contributed by atoms with Crippen molar-refractivity contribution in [1.29, 1.82) is 0 Å². The van der Waals surface area contributed by atoms with Crippen LogP contribution >= 0.6 is 23.1 Å². The Morgan fingerprint density at radius 2 is 1.81 bits per heavy atom. The minimum atomic E-state index is -0.199. The summed E-state index contributed by atoms with van der Waals surface area (Å²) in [6.45, 7) is 4.91. The molecule has 37 heavy (non-hydrogen) atoms. The molecule has 1 aliphatic rings. The van der Waals surface area contributed by atoms with Crippen LogP contribution in [0.25, 0.3) is 15.9 Å². The van der Waals surface area contributed by atoms with Crippen molar-refractivity contribution in [2.24, 2.45) is 0 Å². The summed E-state index contributed by atoms with van der Waals surface area (Å²) >= 11 is 2.86. The Morgan fingerprint density at radius 1 is 1.05 bits per heavy atom. The van der Waals surface area contributed by atoms with Gasteiger partial charge < -0.3 is 14.8 Å². The average molecular weight is 536 g/mol. The number of anilines is 1. The number of carbonyl (C=O) groups is 1. The Hall–Kier alpha value is -3.30. The number of hydrogen-bond donors (Lipinski definition) is 1. The van der Waals surface area contributed by atoms with Gasteiger partial charge in [-0.25, -0.2) is 4.98 Å². The fourth-order valence-electron chi connectivity index (χ4n) is 4.54. The van der Waals surface area contributed by atoms with Gasteiger partial charge in [-0.2, -0.15) is 0 Å². The maximum atomic E-state index is 13.9. The second-order valence-corrected chi connectivity index (χ2v) is 10.6. The van der Waals surface area contributed by atoms with Crippen LogP contribution in [0.1, 0.15) is 37.1 Å². The molecular weight excluding hydrogens is 506 g/mol. The first kappa shape index (κ1) is 25.4. The molecule has 0 spiro atoms. The number of nitrogens with one attached hydrogen (secondary N) is 1. The second-order valence-electron chi connectivity index (χ2n) is 8.62. The van der Waals surface area contributed by atoms with Gasteiger partial charge in [0.1, 0.15) is 16.3 Å². The molecule has 7 nitrogen and oxygen atoms in total. The zero-order valence-electron chi connectivity index (χ0n) is 20.9. The van der Waals surface area contributed by atoms with Gasteiger partial charge in [0.05, 0.1) is 35.7 Å². The van der Waals surface area contributed by atoms with Crippen molar-refractivity contribution >= 4 is 44.9 Å². The van der Waals surface area contributed by atoms with Crippen molar-refractivity contribution in [2.75, 3.05) is 24.3 Å². The molecule has 0 saturated heterocycles. The molecule has 4 aromatic rings. The normalized spacial score (nSPS) is 12.8. The highest BCUT2D eigenvalue weighted by molar-refractivity contribution is 7.99. The number of ether oxygens (including phenoxy) is 2. The lowest BCUT2D eigenvalue weighted by atomic mass is 9.97. The van der Waals surface area contributed by atoms with Gasteiger partial charge in [0.25, 0.3) is 5.56 Å². The fourth-order valence-corrected chi connectivity index (χ4v) is 6.65. The second kappa shape index (κ2) is 11.4. The summed E-state index contributed by atoms with van der Waals surface area (Å²) in [5.74, 6) is 1.26. The Morgan fingerprint density at radius 3 is 2.59 bits per heavy atom. The third-order valence-electron chi connectivity index (χ3n) is 6.16. The van der Waals surface area contributed by atoms with E-state index in [4.69, 9.17) is 14.5 Å². The summed E-state index contributed by atoms with van der Waals surface area (Å²) < 4.78 is 12.8. The highest BCUT2D eigenvalue weighted by atomic mass is 32.2. The maximum Gasteiger partial charge on any atom is 0.267 e. The van der Waals surface area contributed by atoms with E-state index >= 15 is 0 Å². The number of fused-ring (bicyclic) bond motifs is 3. The molecule has 0 unspecified atom stereocenters. The largest absolute Gasteiger partial charge is 0.494 e. The van der Waals surface area contributed by atoms with Crippen LogP contribution in [0.15, 0.2) is 58.5 Å². The topological polar surface area (TPSA) is 82.4 Å². The molecular formula is C28H29N3O4S2. The third-order valence-corrected chi connectivity index (χ3v) is 8.28. The SMILES string of the molecule is CCOc1ccc(-n2c(SCC(=O)Nc3ccccc3OCC)nc3sc4c(c3c2=O)CCCC4)cc1. The Labute approximate surface area is 223 Å². The summed E-state index contributed by atoms with van der Waals surface area (Å²) in [6.07, 6.45) is 4.12. The van der Waals surface area contributed by atoms with Crippen LogP contribution in [0.2, 0.25) is 0 Å².